The zero-order chi connectivity index (χ0) is 11.7. The largest absolute Gasteiger partial charge is 0.419 e. The smallest absolute Gasteiger partial charge is 0.408 e. The molecule has 0 saturated carbocycles. The summed E-state index contributed by atoms with van der Waals surface area (Å²) < 4.78 is 6.42. The van der Waals surface area contributed by atoms with E-state index in [1.807, 2.05) is 0 Å². The summed E-state index contributed by atoms with van der Waals surface area (Å²) in [6, 6.07) is 5.25. The van der Waals surface area contributed by atoms with Crippen LogP contribution < -0.4 is 11.1 Å². The molecule has 0 saturated heterocycles. The van der Waals surface area contributed by atoms with Crippen LogP contribution in [0, 0.1) is 0 Å². The third-order valence-electron chi connectivity index (χ3n) is 2.29. The molecule has 0 unspecified atom stereocenters. The number of oxazole rings is 1. The number of carbonyl (C=O) groups excluding carboxylic acids is 1. The van der Waals surface area contributed by atoms with Gasteiger partial charge in [0.1, 0.15) is 0 Å². The monoisotopic (exact) mass is 240 g/mol. The van der Waals surface area contributed by atoms with Gasteiger partial charge in [-0.25, -0.2) is 4.79 Å². The summed E-state index contributed by atoms with van der Waals surface area (Å²) >= 11 is 5.15. The molecular weight excluding hydrogens is 232 g/mol. The molecule has 1 N–H and O–H groups in total. The number of fused-ring (bicyclic) bond motifs is 1. The number of nitrogens with zero attached hydrogens (tertiary/aromatic N) is 1. The lowest BCUT2D eigenvalue weighted by atomic mass is 10.2. The molecule has 0 radical (unpaired) electrons. The molecular formula is C10H9ClN2O3. The van der Waals surface area contributed by atoms with Crippen LogP contribution in [-0.4, -0.2) is 9.93 Å². The van der Waals surface area contributed by atoms with Gasteiger partial charge in [0.2, 0.25) is 0 Å². The molecule has 0 aliphatic carbocycles. The first-order chi connectivity index (χ1) is 7.58. The van der Waals surface area contributed by atoms with Gasteiger partial charge >= 0.3 is 11.1 Å². The quantitative estimate of drug-likeness (QED) is 0.640. The number of halogens is 1. The summed E-state index contributed by atoms with van der Waals surface area (Å²) in [6.45, 7) is 0.302. The zero-order valence-corrected chi connectivity index (χ0v) is 9.25. The van der Waals surface area contributed by atoms with Gasteiger partial charge in [-0.05, 0) is 29.3 Å². The van der Waals surface area contributed by atoms with E-state index < -0.39 is 11.1 Å². The number of carbonyl (C=O) groups is 1. The first-order valence-electron chi connectivity index (χ1n) is 4.60. The van der Waals surface area contributed by atoms with Crippen LogP contribution in [0.25, 0.3) is 11.1 Å². The number of nitrogens with one attached hydrogen (secondary N) is 1. The number of aromatic nitrogens is 1. The van der Waals surface area contributed by atoms with Gasteiger partial charge in [-0.2, -0.15) is 0 Å². The molecule has 0 aliphatic rings. The zero-order valence-electron chi connectivity index (χ0n) is 8.49. The number of hydrogen-bond acceptors (Lipinski definition) is 3. The van der Waals surface area contributed by atoms with Crippen molar-refractivity contribution >= 4 is 28.1 Å². The molecule has 0 fully saturated rings. The SMILES string of the molecule is Cn1c(=O)oc2cc(CNC(=O)Cl)ccc21. The fraction of sp³-hybridized carbons (Fsp3) is 0.200. The average molecular weight is 241 g/mol. The van der Waals surface area contributed by atoms with E-state index in [0.29, 0.717) is 17.6 Å². The Hall–Kier alpha value is -1.75. The number of benzene rings is 1. The van der Waals surface area contributed by atoms with E-state index >= 15 is 0 Å². The maximum atomic E-state index is 11.2. The molecule has 16 heavy (non-hydrogen) atoms. The molecule has 2 rings (SSSR count). The Labute approximate surface area is 95.6 Å². The summed E-state index contributed by atoms with van der Waals surface area (Å²) in [5, 5.41) is 1.83. The van der Waals surface area contributed by atoms with Gasteiger partial charge < -0.3 is 9.73 Å². The second kappa shape index (κ2) is 4.02. The molecule has 0 spiro atoms. The topological polar surface area (TPSA) is 64.2 Å². The molecule has 2 aromatic rings. The van der Waals surface area contributed by atoms with E-state index in [4.69, 9.17) is 16.0 Å². The van der Waals surface area contributed by atoms with Crippen molar-refractivity contribution in [1.29, 1.82) is 0 Å². The molecule has 84 valence electrons. The van der Waals surface area contributed by atoms with Crippen LogP contribution in [0.2, 0.25) is 0 Å². The average Bonchev–Trinajstić information content (AvgIpc) is 2.52. The summed E-state index contributed by atoms with van der Waals surface area (Å²) in [7, 11) is 1.63. The lowest BCUT2D eigenvalue weighted by Crippen LogP contribution is -2.15. The molecule has 5 nitrogen and oxygen atoms in total. The normalized spacial score (nSPS) is 10.6. The van der Waals surface area contributed by atoms with Gasteiger partial charge in [0, 0.05) is 13.6 Å². The Kier molecular flexibility index (Phi) is 2.70. The third kappa shape index (κ3) is 1.94. The van der Waals surface area contributed by atoms with Gasteiger partial charge in [0.15, 0.2) is 5.58 Å². The van der Waals surface area contributed by atoms with E-state index in [1.165, 1.54) is 4.57 Å². The van der Waals surface area contributed by atoms with Crippen LogP contribution in [0.15, 0.2) is 27.4 Å². The van der Waals surface area contributed by atoms with Crippen molar-refractivity contribution in [3.63, 3.8) is 0 Å². The summed E-state index contributed by atoms with van der Waals surface area (Å²) in [6.07, 6.45) is 0. The summed E-state index contributed by atoms with van der Waals surface area (Å²) in [5.74, 6) is -0.409. The van der Waals surface area contributed by atoms with Crippen LogP contribution in [0.1, 0.15) is 5.56 Å². The van der Waals surface area contributed by atoms with Crippen LogP contribution >= 0.6 is 11.6 Å². The van der Waals surface area contributed by atoms with Crippen molar-refractivity contribution in [1.82, 2.24) is 9.88 Å². The molecule has 1 aromatic carbocycles. The Morgan fingerprint density at radius 2 is 2.31 bits per heavy atom. The van der Waals surface area contributed by atoms with Gasteiger partial charge in [0.25, 0.3) is 0 Å². The molecule has 1 aromatic heterocycles. The van der Waals surface area contributed by atoms with Crippen LogP contribution in [0.5, 0.6) is 0 Å². The highest BCUT2D eigenvalue weighted by Gasteiger charge is 2.06. The van der Waals surface area contributed by atoms with Crippen molar-refractivity contribution in [3.8, 4) is 0 Å². The minimum Gasteiger partial charge on any atom is -0.408 e. The van der Waals surface area contributed by atoms with E-state index in [2.05, 4.69) is 5.32 Å². The fourth-order valence-corrected chi connectivity index (χ4v) is 1.53. The van der Waals surface area contributed by atoms with Crippen molar-refractivity contribution in [3.05, 3.63) is 34.3 Å². The third-order valence-corrected chi connectivity index (χ3v) is 2.42. The van der Waals surface area contributed by atoms with E-state index in [-0.39, 0.29) is 0 Å². The fourth-order valence-electron chi connectivity index (χ4n) is 1.46. The predicted octanol–water partition coefficient (Wildman–Crippen LogP) is 1.58. The van der Waals surface area contributed by atoms with Crippen LogP contribution in [0.3, 0.4) is 0 Å². The summed E-state index contributed by atoms with van der Waals surface area (Å²) in [4.78, 5) is 21.7. The lowest BCUT2D eigenvalue weighted by molar-refractivity contribution is 0.259. The highest BCUT2D eigenvalue weighted by atomic mass is 35.5. The lowest BCUT2D eigenvalue weighted by Gasteiger charge is -2.00. The first kappa shape index (κ1) is 10.8. The predicted molar refractivity (Wildman–Crippen MR) is 59.5 cm³/mol. The van der Waals surface area contributed by atoms with Gasteiger partial charge in [-0.15, -0.1) is 0 Å². The summed E-state index contributed by atoms with van der Waals surface area (Å²) in [5.41, 5.74) is 2.02. The molecule has 0 bridgehead atoms. The molecule has 1 amide bonds. The van der Waals surface area contributed by atoms with Crippen molar-refractivity contribution in [2.75, 3.05) is 0 Å². The minimum atomic E-state index is -0.616. The molecule has 0 atom stereocenters. The van der Waals surface area contributed by atoms with E-state index in [1.54, 1.807) is 25.2 Å². The first-order valence-corrected chi connectivity index (χ1v) is 4.97. The molecule has 1 heterocycles. The molecule has 6 heteroatoms. The van der Waals surface area contributed by atoms with Crippen LogP contribution in [-0.2, 0) is 13.6 Å². The Morgan fingerprint density at radius 3 is 3.00 bits per heavy atom. The highest BCUT2D eigenvalue weighted by Crippen LogP contribution is 2.14. The van der Waals surface area contributed by atoms with E-state index in [9.17, 15) is 9.59 Å². The maximum Gasteiger partial charge on any atom is 0.419 e. The minimum absolute atomic E-state index is 0.302. The second-order valence-corrected chi connectivity index (χ2v) is 3.70. The highest BCUT2D eigenvalue weighted by molar-refractivity contribution is 6.62. The Bertz CT molecular complexity index is 600. The van der Waals surface area contributed by atoms with Crippen molar-refractivity contribution in [2.45, 2.75) is 6.54 Å². The van der Waals surface area contributed by atoms with Crippen molar-refractivity contribution in [2.24, 2.45) is 7.05 Å². The van der Waals surface area contributed by atoms with Gasteiger partial charge in [-0.3, -0.25) is 9.36 Å². The standard InChI is InChI=1S/C10H9ClN2O3/c1-13-7-3-2-6(5-12-9(11)14)4-8(7)16-10(13)15/h2-4H,5H2,1H3,(H,12,14). The Balaban J connectivity index is 2.37. The van der Waals surface area contributed by atoms with E-state index in [0.717, 1.165) is 5.56 Å². The number of hydrogen-bond donors (Lipinski definition) is 1. The number of rotatable bonds is 2. The van der Waals surface area contributed by atoms with Gasteiger partial charge in [-0.1, -0.05) is 6.07 Å². The van der Waals surface area contributed by atoms with Gasteiger partial charge in [0.05, 0.1) is 5.52 Å². The van der Waals surface area contributed by atoms with Crippen molar-refractivity contribution < 1.29 is 9.21 Å². The Morgan fingerprint density at radius 1 is 1.56 bits per heavy atom. The maximum absolute atomic E-state index is 11.2. The number of aryl methyl sites for hydroxylation is 1. The number of amides is 1. The molecule has 0 aliphatic heterocycles. The second-order valence-electron chi connectivity index (χ2n) is 3.36. The van der Waals surface area contributed by atoms with Crippen LogP contribution in [0.4, 0.5) is 4.79 Å².